The molecule has 0 radical (unpaired) electrons. The van der Waals surface area contributed by atoms with Gasteiger partial charge in [0.2, 0.25) is 0 Å². The fourth-order valence-electron chi connectivity index (χ4n) is 1.99. The van der Waals surface area contributed by atoms with Crippen LogP contribution in [0.15, 0.2) is 42.5 Å². The molecule has 0 saturated heterocycles. The van der Waals surface area contributed by atoms with Crippen LogP contribution in [0.5, 0.6) is 0 Å². The summed E-state index contributed by atoms with van der Waals surface area (Å²) in [6.07, 6.45) is 0. The van der Waals surface area contributed by atoms with E-state index in [1.807, 2.05) is 31.2 Å². The number of nitrogens with two attached hydrogens (primary N) is 1. The highest BCUT2D eigenvalue weighted by atomic mass is 19.2. The van der Waals surface area contributed by atoms with E-state index in [-0.39, 0.29) is 0 Å². The van der Waals surface area contributed by atoms with Crippen molar-refractivity contribution < 1.29 is 13.4 Å². The Balaban J connectivity index is 2.35. The number of hydrogen-bond donors (Lipinski definition) is 1. The summed E-state index contributed by atoms with van der Waals surface area (Å²) in [4.78, 5) is 0. The monoisotopic (exact) mass is 275 g/mol. The molecule has 0 aliphatic carbocycles. The van der Waals surface area contributed by atoms with Crippen LogP contribution in [0.2, 0.25) is 0 Å². The second-order valence-electron chi connectivity index (χ2n) is 4.62. The molecule has 0 aromatic heterocycles. The summed E-state index contributed by atoms with van der Waals surface area (Å²) in [6.45, 7) is 2.25. The first kappa shape index (κ1) is 14.7. The van der Waals surface area contributed by atoms with Crippen molar-refractivity contribution in [2.24, 2.45) is 5.73 Å². The van der Waals surface area contributed by atoms with Crippen LogP contribution in [-0.4, -0.2) is 20.1 Å². The molecule has 0 amide bonds. The van der Waals surface area contributed by atoms with E-state index in [0.29, 0.717) is 18.6 Å². The molecule has 0 atom stereocenters. The third-order valence-electron chi connectivity index (χ3n) is 3.03. The van der Waals surface area contributed by atoms with Gasteiger partial charge in [0, 0.05) is 13.2 Å². The summed E-state index contributed by atoms with van der Waals surface area (Å²) in [6, 6.07) is 11.5. The molecule has 2 nitrogen and oxygen atoms in total. The van der Waals surface area contributed by atoms with Crippen molar-refractivity contribution in [3.8, 4) is 0 Å². The Morgan fingerprint density at radius 2 is 1.65 bits per heavy atom. The van der Waals surface area contributed by atoms with E-state index in [4.69, 9.17) is 10.4 Å². The van der Waals surface area contributed by atoms with Crippen LogP contribution in [-0.2, 0) is 4.65 Å². The van der Waals surface area contributed by atoms with E-state index < -0.39 is 18.6 Å². The summed E-state index contributed by atoms with van der Waals surface area (Å²) in [5.74, 6) is -1.74. The molecule has 5 heteroatoms. The molecule has 104 valence electrons. The minimum atomic E-state index is -0.879. The van der Waals surface area contributed by atoms with Crippen molar-refractivity contribution in [2.75, 3.05) is 13.2 Å². The van der Waals surface area contributed by atoms with E-state index in [1.165, 1.54) is 6.07 Å². The third-order valence-corrected chi connectivity index (χ3v) is 3.03. The van der Waals surface area contributed by atoms with Crippen LogP contribution in [0.1, 0.15) is 5.56 Å². The Labute approximate surface area is 117 Å². The first-order valence-corrected chi connectivity index (χ1v) is 6.45. The molecular formula is C15H16BF2NO. The number of halogens is 2. The maximum atomic E-state index is 13.4. The quantitative estimate of drug-likeness (QED) is 0.836. The predicted octanol–water partition coefficient (Wildman–Crippen LogP) is 1.35. The zero-order valence-electron chi connectivity index (χ0n) is 11.3. The molecule has 2 aromatic rings. The molecule has 0 unspecified atom stereocenters. The Bertz CT molecular complexity index is 575. The molecule has 0 aliphatic rings. The molecule has 2 rings (SSSR count). The van der Waals surface area contributed by atoms with Gasteiger partial charge in [0.1, 0.15) is 0 Å². The number of rotatable bonds is 5. The van der Waals surface area contributed by atoms with E-state index in [0.717, 1.165) is 23.2 Å². The maximum absolute atomic E-state index is 13.4. The summed E-state index contributed by atoms with van der Waals surface area (Å²) in [5, 5.41) is 0. The lowest BCUT2D eigenvalue weighted by molar-refractivity contribution is 0.344. The van der Waals surface area contributed by atoms with Crippen molar-refractivity contribution in [3.05, 3.63) is 59.7 Å². The van der Waals surface area contributed by atoms with Gasteiger partial charge in [-0.1, -0.05) is 35.9 Å². The van der Waals surface area contributed by atoms with Crippen molar-refractivity contribution >= 4 is 17.8 Å². The minimum absolute atomic E-state index is 0.345. The van der Waals surface area contributed by atoms with Crippen molar-refractivity contribution in [1.82, 2.24) is 0 Å². The summed E-state index contributed by atoms with van der Waals surface area (Å²) in [5.41, 5.74) is 8.03. The van der Waals surface area contributed by atoms with Crippen molar-refractivity contribution in [2.45, 2.75) is 6.92 Å². The molecule has 0 fully saturated rings. The average Bonchev–Trinajstić information content (AvgIpc) is 2.45. The third kappa shape index (κ3) is 3.43. The highest BCUT2D eigenvalue weighted by Crippen LogP contribution is 2.04. The topological polar surface area (TPSA) is 35.2 Å². The Kier molecular flexibility index (Phi) is 4.87. The Morgan fingerprint density at radius 3 is 2.25 bits per heavy atom. The van der Waals surface area contributed by atoms with E-state index in [2.05, 4.69) is 0 Å². The lowest BCUT2D eigenvalue weighted by Crippen LogP contribution is -2.46. The SMILES string of the molecule is Cc1ccc(B(OCCN)c2ccc(F)c(F)c2)cc1. The molecule has 0 bridgehead atoms. The Hall–Kier alpha value is -1.72. The Morgan fingerprint density at radius 1 is 1.00 bits per heavy atom. The number of hydrogen-bond acceptors (Lipinski definition) is 2. The second kappa shape index (κ2) is 6.63. The summed E-state index contributed by atoms with van der Waals surface area (Å²) >= 11 is 0. The number of benzene rings is 2. The van der Waals surface area contributed by atoms with Crippen LogP contribution in [0.25, 0.3) is 0 Å². The van der Waals surface area contributed by atoms with Gasteiger partial charge in [0.05, 0.1) is 0 Å². The minimum Gasteiger partial charge on any atom is -0.426 e. The lowest BCUT2D eigenvalue weighted by atomic mass is 9.55. The lowest BCUT2D eigenvalue weighted by Gasteiger charge is -2.15. The summed E-state index contributed by atoms with van der Waals surface area (Å²) < 4.78 is 32.1. The van der Waals surface area contributed by atoms with Crippen LogP contribution in [0.4, 0.5) is 8.78 Å². The maximum Gasteiger partial charge on any atom is 0.361 e. The van der Waals surface area contributed by atoms with Gasteiger partial charge in [-0.05, 0) is 30.0 Å². The van der Waals surface area contributed by atoms with Crippen LogP contribution in [0.3, 0.4) is 0 Å². The van der Waals surface area contributed by atoms with Gasteiger partial charge >= 0.3 is 6.92 Å². The predicted molar refractivity (Wildman–Crippen MR) is 77.6 cm³/mol. The highest BCUT2D eigenvalue weighted by Gasteiger charge is 2.22. The fourth-order valence-corrected chi connectivity index (χ4v) is 1.99. The molecule has 2 aromatic carbocycles. The molecule has 2 N–H and O–H groups in total. The first-order valence-electron chi connectivity index (χ1n) is 6.45. The summed E-state index contributed by atoms with van der Waals surface area (Å²) in [7, 11) is 0. The van der Waals surface area contributed by atoms with E-state index in [9.17, 15) is 8.78 Å². The standard InChI is InChI=1S/C15H16BF2NO/c1-11-2-4-12(5-3-11)16(20-9-8-19)13-6-7-14(17)15(18)10-13/h2-7,10H,8-9,19H2,1H3. The molecular weight excluding hydrogens is 259 g/mol. The van der Waals surface area contributed by atoms with Crippen LogP contribution >= 0.6 is 0 Å². The van der Waals surface area contributed by atoms with Crippen LogP contribution < -0.4 is 16.7 Å². The van der Waals surface area contributed by atoms with Gasteiger partial charge in [-0.3, -0.25) is 0 Å². The zero-order valence-corrected chi connectivity index (χ0v) is 11.3. The highest BCUT2D eigenvalue weighted by molar-refractivity contribution is 6.80. The normalized spacial score (nSPS) is 10.6. The number of aryl methyl sites for hydroxylation is 1. The van der Waals surface area contributed by atoms with E-state index in [1.54, 1.807) is 0 Å². The van der Waals surface area contributed by atoms with Crippen molar-refractivity contribution in [3.63, 3.8) is 0 Å². The van der Waals surface area contributed by atoms with Gasteiger partial charge in [0.25, 0.3) is 0 Å². The van der Waals surface area contributed by atoms with E-state index >= 15 is 0 Å². The van der Waals surface area contributed by atoms with Gasteiger partial charge in [-0.15, -0.1) is 0 Å². The van der Waals surface area contributed by atoms with Crippen molar-refractivity contribution in [1.29, 1.82) is 0 Å². The van der Waals surface area contributed by atoms with Gasteiger partial charge in [-0.25, -0.2) is 8.78 Å². The zero-order chi connectivity index (χ0) is 14.5. The van der Waals surface area contributed by atoms with Gasteiger partial charge in [0.15, 0.2) is 11.6 Å². The smallest absolute Gasteiger partial charge is 0.361 e. The average molecular weight is 275 g/mol. The van der Waals surface area contributed by atoms with Gasteiger partial charge in [-0.2, -0.15) is 0 Å². The largest absolute Gasteiger partial charge is 0.426 e. The molecule has 0 aliphatic heterocycles. The van der Waals surface area contributed by atoms with Crippen LogP contribution in [0, 0.1) is 18.6 Å². The second-order valence-corrected chi connectivity index (χ2v) is 4.62. The molecule has 20 heavy (non-hydrogen) atoms. The molecule has 0 saturated carbocycles. The van der Waals surface area contributed by atoms with Gasteiger partial charge < -0.3 is 10.4 Å². The molecule has 0 heterocycles. The fraction of sp³-hybridized carbons (Fsp3) is 0.200. The first-order chi connectivity index (χ1) is 9.61. The molecule has 0 spiro atoms.